The third kappa shape index (κ3) is 3.00. The second-order valence-electron chi connectivity index (χ2n) is 6.01. The first-order valence-corrected chi connectivity index (χ1v) is 7.77. The Balaban J connectivity index is 2.03. The lowest BCUT2D eigenvalue weighted by molar-refractivity contribution is 0.102. The standard InChI is InChI=1S/C18H19N3O3/c1-10(2)15-8-14(16-11(3)21-24-18(16)20-15)17(23)19-13-6-4-5-12(7-13)9-22/h4-8,10,22H,9H2,1-3H3,(H,19,23). The van der Waals surface area contributed by atoms with Crippen LogP contribution in [-0.2, 0) is 6.61 Å². The van der Waals surface area contributed by atoms with Crippen molar-refractivity contribution < 1.29 is 14.4 Å². The van der Waals surface area contributed by atoms with Gasteiger partial charge in [-0.25, -0.2) is 4.98 Å². The van der Waals surface area contributed by atoms with Crippen LogP contribution in [0, 0.1) is 6.92 Å². The number of rotatable bonds is 4. The van der Waals surface area contributed by atoms with Gasteiger partial charge in [0.15, 0.2) is 0 Å². The van der Waals surface area contributed by atoms with Crippen LogP contribution >= 0.6 is 0 Å². The lowest BCUT2D eigenvalue weighted by Gasteiger charge is -2.10. The predicted molar refractivity (Wildman–Crippen MR) is 90.9 cm³/mol. The number of aromatic nitrogens is 2. The highest BCUT2D eigenvalue weighted by atomic mass is 16.5. The number of nitrogens with one attached hydrogen (secondary N) is 1. The van der Waals surface area contributed by atoms with E-state index in [2.05, 4.69) is 15.5 Å². The predicted octanol–water partition coefficient (Wildman–Crippen LogP) is 3.40. The Morgan fingerprint density at radius 2 is 2.12 bits per heavy atom. The van der Waals surface area contributed by atoms with Gasteiger partial charge in [-0.1, -0.05) is 31.1 Å². The monoisotopic (exact) mass is 325 g/mol. The van der Waals surface area contributed by atoms with Gasteiger partial charge >= 0.3 is 0 Å². The van der Waals surface area contributed by atoms with Crippen LogP contribution in [0.5, 0.6) is 0 Å². The molecule has 0 aliphatic carbocycles. The molecule has 1 amide bonds. The Morgan fingerprint density at radius 1 is 1.33 bits per heavy atom. The van der Waals surface area contributed by atoms with Gasteiger partial charge in [-0.05, 0) is 36.6 Å². The van der Waals surface area contributed by atoms with Crippen LogP contribution in [0.15, 0.2) is 34.9 Å². The fourth-order valence-electron chi connectivity index (χ4n) is 2.53. The molecule has 0 radical (unpaired) electrons. The molecule has 0 spiro atoms. The van der Waals surface area contributed by atoms with E-state index in [1.807, 2.05) is 13.8 Å². The summed E-state index contributed by atoms with van der Waals surface area (Å²) >= 11 is 0. The van der Waals surface area contributed by atoms with Crippen LogP contribution in [0.25, 0.3) is 11.1 Å². The van der Waals surface area contributed by atoms with Crippen LogP contribution in [0.1, 0.15) is 47.1 Å². The van der Waals surface area contributed by atoms with Crippen LogP contribution in [0.3, 0.4) is 0 Å². The number of anilines is 1. The number of aliphatic hydroxyl groups excluding tert-OH is 1. The Kier molecular flexibility index (Phi) is 4.31. The average molecular weight is 325 g/mol. The highest BCUT2D eigenvalue weighted by Gasteiger charge is 2.19. The number of carbonyl (C=O) groups is 1. The van der Waals surface area contributed by atoms with Crippen molar-refractivity contribution in [3.8, 4) is 0 Å². The summed E-state index contributed by atoms with van der Waals surface area (Å²) in [4.78, 5) is 17.2. The molecule has 0 aliphatic heterocycles. The van der Waals surface area contributed by atoms with E-state index in [-0.39, 0.29) is 18.4 Å². The molecule has 6 heteroatoms. The minimum Gasteiger partial charge on any atom is -0.392 e. The van der Waals surface area contributed by atoms with Gasteiger partial charge in [-0.2, -0.15) is 0 Å². The van der Waals surface area contributed by atoms with Crippen molar-refractivity contribution in [2.75, 3.05) is 5.32 Å². The summed E-state index contributed by atoms with van der Waals surface area (Å²) in [6, 6.07) is 8.87. The Hall–Kier alpha value is -2.73. The molecule has 124 valence electrons. The first-order valence-electron chi connectivity index (χ1n) is 7.77. The van der Waals surface area contributed by atoms with E-state index in [9.17, 15) is 9.90 Å². The number of amides is 1. The molecule has 0 unspecified atom stereocenters. The second-order valence-corrected chi connectivity index (χ2v) is 6.01. The summed E-state index contributed by atoms with van der Waals surface area (Å²) in [6.45, 7) is 5.71. The number of hydrogen-bond acceptors (Lipinski definition) is 5. The quantitative estimate of drug-likeness (QED) is 0.767. The van der Waals surface area contributed by atoms with Gasteiger partial charge in [0.2, 0.25) is 0 Å². The van der Waals surface area contributed by atoms with Crippen molar-refractivity contribution in [2.45, 2.75) is 33.3 Å². The van der Waals surface area contributed by atoms with Crippen molar-refractivity contribution in [1.82, 2.24) is 10.1 Å². The van der Waals surface area contributed by atoms with Crippen molar-refractivity contribution in [3.63, 3.8) is 0 Å². The van der Waals surface area contributed by atoms with Crippen LogP contribution < -0.4 is 5.32 Å². The molecule has 0 atom stereocenters. The molecule has 2 aromatic heterocycles. The number of nitrogens with zero attached hydrogens (tertiary/aromatic N) is 2. The molecule has 2 heterocycles. The van der Waals surface area contributed by atoms with E-state index in [0.29, 0.717) is 28.0 Å². The van der Waals surface area contributed by atoms with Gasteiger partial charge in [0, 0.05) is 11.4 Å². The van der Waals surface area contributed by atoms with Crippen molar-refractivity contribution >= 4 is 22.7 Å². The maximum absolute atomic E-state index is 12.8. The first kappa shape index (κ1) is 16.1. The van der Waals surface area contributed by atoms with Crippen molar-refractivity contribution in [1.29, 1.82) is 0 Å². The number of aryl methyl sites for hydroxylation is 1. The van der Waals surface area contributed by atoms with Crippen molar-refractivity contribution in [2.24, 2.45) is 0 Å². The second kappa shape index (κ2) is 6.41. The summed E-state index contributed by atoms with van der Waals surface area (Å²) in [5.41, 5.74) is 3.60. The lowest BCUT2D eigenvalue weighted by atomic mass is 10.0. The molecule has 0 fully saturated rings. The van der Waals surface area contributed by atoms with Gasteiger partial charge in [0.25, 0.3) is 11.6 Å². The number of benzene rings is 1. The van der Waals surface area contributed by atoms with E-state index in [0.717, 1.165) is 11.3 Å². The van der Waals surface area contributed by atoms with E-state index in [1.54, 1.807) is 37.3 Å². The average Bonchev–Trinajstić information content (AvgIpc) is 2.95. The molecule has 3 aromatic rings. The SMILES string of the molecule is Cc1noc2nc(C(C)C)cc(C(=O)Nc3cccc(CO)c3)c12. The maximum atomic E-state index is 12.8. The Morgan fingerprint density at radius 3 is 2.83 bits per heavy atom. The fourth-order valence-corrected chi connectivity index (χ4v) is 2.53. The smallest absolute Gasteiger partial charge is 0.259 e. The molecular formula is C18H19N3O3. The van der Waals surface area contributed by atoms with E-state index >= 15 is 0 Å². The largest absolute Gasteiger partial charge is 0.392 e. The van der Waals surface area contributed by atoms with Gasteiger partial charge in [0.05, 0.1) is 23.3 Å². The van der Waals surface area contributed by atoms with Crippen LogP contribution in [0.2, 0.25) is 0 Å². The number of carbonyl (C=O) groups excluding carboxylic acids is 1. The molecule has 0 saturated carbocycles. The maximum Gasteiger partial charge on any atom is 0.259 e. The van der Waals surface area contributed by atoms with Crippen LogP contribution in [0.4, 0.5) is 5.69 Å². The zero-order valence-electron chi connectivity index (χ0n) is 13.8. The van der Waals surface area contributed by atoms with Gasteiger partial charge < -0.3 is 14.9 Å². The third-order valence-electron chi connectivity index (χ3n) is 3.84. The lowest BCUT2D eigenvalue weighted by Crippen LogP contribution is -2.14. The first-order chi connectivity index (χ1) is 11.5. The summed E-state index contributed by atoms with van der Waals surface area (Å²) in [7, 11) is 0. The molecule has 24 heavy (non-hydrogen) atoms. The molecule has 0 bridgehead atoms. The van der Waals surface area contributed by atoms with E-state index in [4.69, 9.17) is 4.52 Å². The van der Waals surface area contributed by atoms with Gasteiger partial charge in [-0.15, -0.1) is 0 Å². The molecule has 0 aliphatic rings. The zero-order valence-corrected chi connectivity index (χ0v) is 13.8. The molecule has 2 N–H and O–H groups in total. The number of hydrogen-bond donors (Lipinski definition) is 2. The molecule has 6 nitrogen and oxygen atoms in total. The number of pyridine rings is 1. The Labute approximate surface area is 139 Å². The summed E-state index contributed by atoms with van der Waals surface area (Å²) in [6.07, 6.45) is 0. The fraction of sp³-hybridized carbons (Fsp3) is 0.278. The molecule has 0 saturated heterocycles. The number of fused-ring (bicyclic) bond motifs is 1. The molecular weight excluding hydrogens is 306 g/mol. The van der Waals surface area contributed by atoms with Gasteiger partial charge in [-0.3, -0.25) is 4.79 Å². The normalized spacial score (nSPS) is 11.2. The summed E-state index contributed by atoms with van der Waals surface area (Å²) < 4.78 is 5.24. The number of aliphatic hydroxyl groups is 1. The minimum atomic E-state index is -0.259. The summed E-state index contributed by atoms with van der Waals surface area (Å²) in [5, 5.41) is 16.6. The minimum absolute atomic E-state index is 0.0779. The van der Waals surface area contributed by atoms with Crippen LogP contribution in [-0.4, -0.2) is 21.2 Å². The Bertz CT molecular complexity index is 900. The highest BCUT2D eigenvalue weighted by Crippen LogP contribution is 2.26. The zero-order chi connectivity index (χ0) is 17.3. The van der Waals surface area contributed by atoms with Gasteiger partial charge in [0.1, 0.15) is 0 Å². The van der Waals surface area contributed by atoms with E-state index < -0.39 is 0 Å². The third-order valence-corrected chi connectivity index (χ3v) is 3.84. The van der Waals surface area contributed by atoms with E-state index in [1.165, 1.54) is 0 Å². The summed E-state index contributed by atoms with van der Waals surface area (Å²) in [5.74, 6) is -0.102. The topological polar surface area (TPSA) is 88.2 Å². The highest BCUT2D eigenvalue weighted by molar-refractivity contribution is 6.12. The molecule has 1 aromatic carbocycles. The molecule has 3 rings (SSSR count). The van der Waals surface area contributed by atoms with Crippen molar-refractivity contribution in [3.05, 3.63) is 52.8 Å².